The lowest BCUT2D eigenvalue weighted by Crippen LogP contribution is -2.43. The molecule has 0 heterocycles. The summed E-state index contributed by atoms with van der Waals surface area (Å²) in [7, 11) is -0.0473. The first-order valence-corrected chi connectivity index (χ1v) is 12.8. The summed E-state index contributed by atoms with van der Waals surface area (Å²) in [6.07, 6.45) is 0. The Morgan fingerprint density at radius 1 is 0.857 bits per heavy atom. The summed E-state index contributed by atoms with van der Waals surface area (Å²) in [5.74, 6) is 0.715. The Bertz CT molecular complexity index is 1420. The van der Waals surface area contributed by atoms with Crippen LogP contribution in [0.2, 0.25) is 0 Å². The number of fused-ring (bicyclic) bond motifs is 1. The molecule has 4 aromatic carbocycles. The van der Waals surface area contributed by atoms with Crippen LogP contribution in [0.25, 0.3) is 10.8 Å². The van der Waals surface area contributed by atoms with Gasteiger partial charge in [0.25, 0.3) is 10.0 Å². The van der Waals surface area contributed by atoms with E-state index in [1.807, 2.05) is 79.7 Å². The second-order valence-electron chi connectivity index (χ2n) is 8.01. The molecule has 0 saturated carbocycles. The minimum atomic E-state index is -3.88. The second kappa shape index (κ2) is 10.7. The molecular formula is C26H26N4O3S2. The number of benzene rings is 4. The highest BCUT2D eigenvalue weighted by Gasteiger charge is 2.18. The van der Waals surface area contributed by atoms with Crippen LogP contribution in [0.15, 0.2) is 95.9 Å². The number of hydrogen-bond donors (Lipinski definition) is 3. The summed E-state index contributed by atoms with van der Waals surface area (Å²) < 4.78 is 31.8. The molecule has 7 nitrogen and oxygen atoms in total. The van der Waals surface area contributed by atoms with E-state index in [9.17, 15) is 8.42 Å². The normalized spacial score (nSPS) is 11.1. The summed E-state index contributed by atoms with van der Waals surface area (Å²) >= 11 is 5.27. The van der Waals surface area contributed by atoms with Crippen LogP contribution in [0.3, 0.4) is 0 Å². The largest absolute Gasteiger partial charge is 0.489 e. The molecule has 9 heteroatoms. The average molecular weight is 507 g/mol. The van der Waals surface area contributed by atoms with Crippen molar-refractivity contribution in [3.05, 3.63) is 96.6 Å². The zero-order valence-corrected chi connectivity index (χ0v) is 21.0. The Kier molecular flexibility index (Phi) is 7.50. The summed E-state index contributed by atoms with van der Waals surface area (Å²) in [5.41, 5.74) is 5.27. The van der Waals surface area contributed by atoms with Gasteiger partial charge in [0.2, 0.25) is 0 Å². The summed E-state index contributed by atoms with van der Waals surface area (Å²) in [6.45, 7) is 0.472. The van der Waals surface area contributed by atoms with Gasteiger partial charge in [0.15, 0.2) is 5.11 Å². The van der Waals surface area contributed by atoms with E-state index in [0.29, 0.717) is 23.4 Å². The lowest BCUT2D eigenvalue weighted by atomic mass is 10.1. The van der Waals surface area contributed by atoms with Crippen LogP contribution < -0.4 is 25.2 Å². The molecule has 0 spiro atoms. The molecular weight excluding hydrogens is 480 g/mol. The number of anilines is 2. The van der Waals surface area contributed by atoms with Gasteiger partial charge in [0.05, 0.1) is 4.90 Å². The predicted molar refractivity (Wildman–Crippen MR) is 145 cm³/mol. The van der Waals surface area contributed by atoms with Gasteiger partial charge in [0.1, 0.15) is 12.4 Å². The first-order chi connectivity index (χ1) is 16.8. The van der Waals surface area contributed by atoms with Crippen molar-refractivity contribution in [3.8, 4) is 5.75 Å². The van der Waals surface area contributed by atoms with E-state index in [0.717, 1.165) is 16.6 Å². The van der Waals surface area contributed by atoms with Gasteiger partial charge in [-0.3, -0.25) is 5.43 Å². The number of ether oxygens (including phenoxy) is 1. The Balaban J connectivity index is 1.37. The number of thiocarbonyl (C=S) groups is 1. The van der Waals surface area contributed by atoms with E-state index in [4.69, 9.17) is 17.0 Å². The van der Waals surface area contributed by atoms with Gasteiger partial charge in [-0.25, -0.2) is 8.42 Å². The third-order valence-corrected chi connectivity index (χ3v) is 6.80. The first-order valence-electron chi connectivity index (χ1n) is 10.9. The quantitative estimate of drug-likeness (QED) is 0.237. The van der Waals surface area contributed by atoms with Gasteiger partial charge in [-0.05, 0) is 54.2 Å². The maximum absolute atomic E-state index is 13.0. The van der Waals surface area contributed by atoms with Crippen molar-refractivity contribution < 1.29 is 13.2 Å². The third-order valence-electron chi connectivity index (χ3n) is 5.29. The van der Waals surface area contributed by atoms with Gasteiger partial charge in [0, 0.05) is 36.2 Å². The molecule has 0 atom stereocenters. The van der Waals surface area contributed by atoms with E-state index in [2.05, 4.69) is 15.6 Å². The fourth-order valence-electron chi connectivity index (χ4n) is 3.60. The van der Waals surface area contributed by atoms with Crippen molar-refractivity contribution in [3.63, 3.8) is 0 Å². The Morgan fingerprint density at radius 3 is 2.26 bits per heavy atom. The Hall–Kier alpha value is -3.66. The molecule has 0 bridgehead atoms. The van der Waals surface area contributed by atoms with Gasteiger partial charge in [-0.1, -0.05) is 54.6 Å². The van der Waals surface area contributed by atoms with E-state index in [1.165, 1.54) is 0 Å². The summed E-state index contributed by atoms with van der Waals surface area (Å²) in [5, 5.41) is 4.54. The molecule has 0 aromatic heterocycles. The molecule has 4 rings (SSSR count). The molecule has 0 unspecified atom stereocenters. The third kappa shape index (κ3) is 6.07. The highest BCUT2D eigenvalue weighted by molar-refractivity contribution is 7.89. The zero-order chi connectivity index (χ0) is 24.8. The second-order valence-corrected chi connectivity index (χ2v) is 10.1. The Morgan fingerprint density at radius 2 is 1.54 bits per heavy atom. The fourth-order valence-corrected chi connectivity index (χ4v) is 4.90. The van der Waals surface area contributed by atoms with Crippen LogP contribution >= 0.6 is 12.2 Å². The molecule has 35 heavy (non-hydrogen) atoms. The lowest BCUT2D eigenvalue weighted by Gasteiger charge is -2.17. The minimum absolute atomic E-state index is 0.112. The van der Waals surface area contributed by atoms with Gasteiger partial charge >= 0.3 is 0 Å². The van der Waals surface area contributed by atoms with Crippen LogP contribution in [0.4, 0.5) is 11.4 Å². The van der Waals surface area contributed by atoms with Gasteiger partial charge in [-0.15, -0.1) is 4.83 Å². The fraction of sp³-hybridized carbons (Fsp3) is 0.115. The molecule has 0 amide bonds. The average Bonchev–Trinajstić information content (AvgIpc) is 2.87. The number of sulfonamides is 1. The van der Waals surface area contributed by atoms with Crippen molar-refractivity contribution in [1.82, 2.24) is 10.3 Å². The van der Waals surface area contributed by atoms with E-state index < -0.39 is 10.0 Å². The van der Waals surface area contributed by atoms with Crippen LogP contribution in [0.5, 0.6) is 5.75 Å². The lowest BCUT2D eigenvalue weighted by molar-refractivity contribution is 0.306. The van der Waals surface area contributed by atoms with Gasteiger partial charge < -0.3 is 15.0 Å². The number of nitrogens with zero attached hydrogens (tertiary/aromatic N) is 1. The van der Waals surface area contributed by atoms with E-state index in [1.54, 1.807) is 30.3 Å². The number of hydrazine groups is 1. The van der Waals surface area contributed by atoms with Crippen LogP contribution in [0.1, 0.15) is 5.56 Å². The summed E-state index contributed by atoms with van der Waals surface area (Å²) in [4.78, 5) is 4.47. The smallest absolute Gasteiger partial charge is 0.257 e. The summed E-state index contributed by atoms with van der Waals surface area (Å²) in [6, 6.07) is 27.9. The van der Waals surface area contributed by atoms with Crippen molar-refractivity contribution in [2.75, 3.05) is 24.3 Å². The highest BCUT2D eigenvalue weighted by Crippen LogP contribution is 2.30. The van der Waals surface area contributed by atoms with E-state index in [-0.39, 0.29) is 10.0 Å². The van der Waals surface area contributed by atoms with Gasteiger partial charge in [-0.2, -0.15) is 0 Å². The number of rotatable bonds is 8. The van der Waals surface area contributed by atoms with Crippen molar-refractivity contribution in [2.24, 2.45) is 0 Å². The standard InChI is InChI=1S/C26H26N4O3S2/c1-30(2)24-12-6-11-23-22(24)10-7-13-25(23)35(31,32)29-28-26(34)27-20-14-16-21(17-15-20)33-18-19-8-4-3-5-9-19/h3-17,29H,18H2,1-2H3,(H2,27,28,34). The van der Waals surface area contributed by atoms with E-state index >= 15 is 0 Å². The molecule has 0 aliphatic heterocycles. The molecule has 180 valence electrons. The monoisotopic (exact) mass is 506 g/mol. The Labute approximate surface area is 210 Å². The number of nitrogens with one attached hydrogen (secondary N) is 3. The van der Waals surface area contributed by atoms with Crippen LogP contribution in [-0.4, -0.2) is 27.6 Å². The van der Waals surface area contributed by atoms with Crippen LogP contribution in [0, 0.1) is 0 Å². The molecule has 0 aliphatic carbocycles. The molecule has 3 N–H and O–H groups in total. The predicted octanol–water partition coefficient (Wildman–Crippen LogP) is 4.66. The molecule has 0 radical (unpaired) electrons. The number of hydrogen-bond acceptors (Lipinski definition) is 5. The molecule has 4 aromatic rings. The van der Waals surface area contributed by atoms with Crippen molar-refractivity contribution in [2.45, 2.75) is 11.5 Å². The SMILES string of the molecule is CN(C)c1cccc2c(S(=O)(=O)NNC(=S)Nc3ccc(OCc4ccccc4)cc3)cccc12. The first kappa shape index (κ1) is 24.5. The maximum Gasteiger partial charge on any atom is 0.257 e. The molecule has 0 aliphatic rings. The van der Waals surface area contributed by atoms with Crippen molar-refractivity contribution >= 4 is 49.5 Å². The van der Waals surface area contributed by atoms with Crippen LogP contribution in [-0.2, 0) is 16.6 Å². The topological polar surface area (TPSA) is 82.7 Å². The maximum atomic E-state index is 13.0. The minimum Gasteiger partial charge on any atom is -0.489 e. The molecule has 0 fully saturated rings. The molecule has 0 saturated heterocycles. The van der Waals surface area contributed by atoms with Crippen molar-refractivity contribution in [1.29, 1.82) is 0 Å². The highest BCUT2D eigenvalue weighted by atomic mass is 32.2. The zero-order valence-electron chi connectivity index (χ0n) is 19.4.